The molecule has 8 heteroatoms. The lowest BCUT2D eigenvalue weighted by atomic mass is 10.1. The SMILES string of the molecule is Nc1cccc(Sc2nnc3ccc(-c4ccc(F)cc4)nn23)c1N. The van der Waals surface area contributed by atoms with E-state index in [2.05, 4.69) is 15.3 Å². The monoisotopic (exact) mass is 352 g/mol. The molecule has 2 aromatic heterocycles. The Hall–Kier alpha value is -3.13. The lowest BCUT2D eigenvalue weighted by Gasteiger charge is -2.06. The van der Waals surface area contributed by atoms with Crippen molar-refractivity contribution in [3.63, 3.8) is 0 Å². The molecule has 0 saturated heterocycles. The molecule has 0 aliphatic carbocycles. The molecule has 0 radical (unpaired) electrons. The summed E-state index contributed by atoms with van der Waals surface area (Å²) in [6, 6.07) is 15.2. The van der Waals surface area contributed by atoms with E-state index in [1.165, 1.54) is 23.9 Å². The van der Waals surface area contributed by atoms with Crippen LogP contribution in [0.3, 0.4) is 0 Å². The standard InChI is InChI=1S/C17H13FN6S/c18-11-6-4-10(5-7-11)13-8-9-15-21-22-17(24(15)23-13)25-14-3-1-2-12(19)16(14)20/h1-9H,19-20H2. The average Bonchev–Trinajstić information content (AvgIpc) is 3.02. The van der Waals surface area contributed by atoms with Gasteiger partial charge >= 0.3 is 0 Å². The summed E-state index contributed by atoms with van der Waals surface area (Å²) in [6.07, 6.45) is 0. The summed E-state index contributed by atoms with van der Waals surface area (Å²) >= 11 is 1.33. The number of benzene rings is 2. The number of nitrogens with zero attached hydrogens (tertiary/aromatic N) is 4. The van der Waals surface area contributed by atoms with Gasteiger partial charge in [-0.2, -0.15) is 9.61 Å². The molecule has 0 bridgehead atoms. The molecule has 0 saturated carbocycles. The summed E-state index contributed by atoms with van der Waals surface area (Å²) in [5.41, 5.74) is 15.0. The van der Waals surface area contributed by atoms with Crippen LogP contribution < -0.4 is 11.5 Å². The minimum atomic E-state index is -0.289. The van der Waals surface area contributed by atoms with Gasteiger partial charge in [0.05, 0.1) is 17.1 Å². The Morgan fingerprint density at radius 2 is 1.72 bits per heavy atom. The van der Waals surface area contributed by atoms with Gasteiger partial charge in [0.1, 0.15) is 5.82 Å². The summed E-state index contributed by atoms with van der Waals surface area (Å²) in [5, 5.41) is 13.4. The van der Waals surface area contributed by atoms with Gasteiger partial charge in [-0.05, 0) is 60.3 Å². The Labute approximate surface area is 146 Å². The van der Waals surface area contributed by atoms with Crippen LogP contribution in [0.25, 0.3) is 16.9 Å². The normalized spacial score (nSPS) is 11.1. The third-order valence-electron chi connectivity index (χ3n) is 3.68. The molecule has 124 valence electrons. The summed E-state index contributed by atoms with van der Waals surface area (Å²) < 4.78 is 14.7. The van der Waals surface area contributed by atoms with Gasteiger partial charge in [0.25, 0.3) is 0 Å². The number of hydrogen-bond acceptors (Lipinski definition) is 6. The number of anilines is 2. The number of halogens is 1. The minimum Gasteiger partial charge on any atom is -0.397 e. The van der Waals surface area contributed by atoms with Crippen LogP contribution >= 0.6 is 11.8 Å². The first-order chi connectivity index (χ1) is 12.1. The highest BCUT2D eigenvalue weighted by Crippen LogP contribution is 2.34. The van der Waals surface area contributed by atoms with Crippen LogP contribution in [-0.2, 0) is 0 Å². The number of hydrogen-bond donors (Lipinski definition) is 2. The van der Waals surface area contributed by atoms with Gasteiger partial charge in [0.15, 0.2) is 5.65 Å². The first kappa shape index (κ1) is 15.4. The fraction of sp³-hybridized carbons (Fsp3) is 0. The van der Waals surface area contributed by atoms with Crippen LogP contribution in [0, 0.1) is 5.82 Å². The largest absolute Gasteiger partial charge is 0.397 e. The van der Waals surface area contributed by atoms with E-state index in [1.807, 2.05) is 24.3 Å². The Bertz CT molecular complexity index is 1060. The first-order valence-electron chi connectivity index (χ1n) is 7.42. The first-order valence-corrected chi connectivity index (χ1v) is 8.24. The Morgan fingerprint density at radius 3 is 2.52 bits per heavy atom. The van der Waals surface area contributed by atoms with Crippen LogP contribution in [0.2, 0.25) is 0 Å². The molecule has 4 N–H and O–H groups in total. The molecule has 0 amide bonds. The molecule has 0 aliphatic rings. The summed E-state index contributed by atoms with van der Waals surface area (Å²) in [4.78, 5) is 0.781. The number of aromatic nitrogens is 4. The van der Waals surface area contributed by atoms with Gasteiger partial charge in [-0.25, -0.2) is 4.39 Å². The molecule has 0 fully saturated rings. The fourth-order valence-electron chi connectivity index (χ4n) is 2.36. The van der Waals surface area contributed by atoms with Gasteiger partial charge in [0, 0.05) is 10.5 Å². The second-order valence-corrected chi connectivity index (χ2v) is 6.35. The van der Waals surface area contributed by atoms with E-state index in [9.17, 15) is 4.39 Å². The van der Waals surface area contributed by atoms with Crippen molar-refractivity contribution < 1.29 is 4.39 Å². The molecule has 2 aromatic carbocycles. The average molecular weight is 352 g/mol. The van der Waals surface area contributed by atoms with E-state index in [0.717, 1.165) is 10.5 Å². The van der Waals surface area contributed by atoms with E-state index < -0.39 is 0 Å². The summed E-state index contributed by atoms with van der Waals surface area (Å²) in [5.74, 6) is -0.289. The van der Waals surface area contributed by atoms with Crippen molar-refractivity contribution in [2.24, 2.45) is 0 Å². The van der Waals surface area contributed by atoms with E-state index in [1.54, 1.807) is 22.7 Å². The summed E-state index contributed by atoms with van der Waals surface area (Å²) in [7, 11) is 0. The van der Waals surface area contributed by atoms with Crippen molar-refractivity contribution in [3.05, 3.63) is 60.4 Å². The maximum Gasteiger partial charge on any atom is 0.217 e. The topological polar surface area (TPSA) is 95.1 Å². The Kier molecular flexibility index (Phi) is 3.73. The lowest BCUT2D eigenvalue weighted by Crippen LogP contribution is -1.98. The molecular formula is C17H13FN6S. The number of para-hydroxylation sites is 1. The van der Waals surface area contributed by atoms with Crippen LogP contribution in [0.1, 0.15) is 0 Å². The maximum absolute atomic E-state index is 13.1. The van der Waals surface area contributed by atoms with Crippen LogP contribution in [-0.4, -0.2) is 19.8 Å². The van der Waals surface area contributed by atoms with Crippen molar-refractivity contribution >= 4 is 28.8 Å². The van der Waals surface area contributed by atoms with Crippen LogP contribution in [0.4, 0.5) is 15.8 Å². The maximum atomic E-state index is 13.1. The molecule has 25 heavy (non-hydrogen) atoms. The lowest BCUT2D eigenvalue weighted by molar-refractivity contribution is 0.628. The van der Waals surface area contributed by atoms with Gasteiger partial charge in [0.2, 0.25) is 5.16 Å². The molecule has 0 aliphatic heterocycles. The van der Waals surface area contributed by atoms with Crippen molar-refractivity contribution in [1.29, 1.82) is 0 Å². The Morgan fingerprint density at radius 1 is 0.920 bits per heavy atom. The molecule has 4 aromatic rings. The molecule has 0 spiro atoms. The second-order valence-electron chi connectivity index (χ2n) is 5.34. The van der Waals surface area contributed by atoms with E-state index in [0.29, 0.717) is 27.9 Å². The smallest absolute Gasteiger partial charge is 0.217 e. The zero-order valence-electron chi connectivity index (χ0n) is 12.9. The fourth-order valence-corrected chi connectivity index (χ4v) is 3.23. The number of nitrogens with two attached hydrogens (primary N) is 2. The van der Waals surface area contributed by atoms with Gasteiger partial charge in [-0.3, -0.25) is 0 Å². The zero-order chi connectivity index (χ0) is 17.4. The zero-order valence-corrected chi connectivity index (χ0v) is 13.7. The molecule has 4 rings (SSSR count). The molecule has 0 atom stereocenters. The molecule has 0 unspecified atom stereocenters. The number of rotatable bonds is 3. The van der Waals surface area contributed by atoms with Gasteiger partial charge in [-0.1, -0.05) is 6.07 Å². The number of fused-ring (bicyclic) bond motifs is 1. The highest BCUT2D eigenvalue weighted by atomic mass is 32.2. The third-order valence-corrected chi connectivity index (χ3v) is 4.69. The highest BCUT2D eigenvalue weighted by molar-refractivity contribution is 7.99. The van der Waals surface area contributed by atoms with Crippen LogP contribution in [0.15, 0.2) is 64.6 Å². The predicted molar refractivity (Wildman–Crippen MR) is 95.6 cm³/mol. The molecular weight excluding hydrogens is 339 g/mol. The molecule has 6 nitrogen and oxygen atoms in total. The Balaban J connectivity index is 1.76. The van der Waals surface area contributed by atoms with E-state index in [-0.39, 0.29) is 5.82 Å². The van der Waals surface area contributed by atoms with Crippen molar-refractivity contribution in [1.82, 2.24) is 19.8 Å². The number of nitrogen functional groups attached to an aromatic ring is 2. The van der Waals surface area contributed by atoms with Crippen molar-refractivity contribution in [2.75, 3.05) is 11.5 Å². The predicted octanol–water partition coefficient (Wildman–Crippen LogP) is 3.25. The summed E-state index contributed by atoms with van der Waals surface area (Å²) in [6.45, 7) is 0. The second kappa shape index (κ2) is 6.06. The van der Waals surface area contributed by atoms with E-state index >= 15 is 0 Å². The van der Waals surface area contributed by atoms with Crippen LogP contribution in [0.5, 0.6) is 0 Å². The van der Waals surface area contributed by atoms with Gasteiger partial charge in [-0.15, -0.1) is 10.2 Å². The highest BCUT2D eigenvalue weighted by Gasteiger charge is 2.12. The van der Waals surface area contributed by atoms with Gasteiger partial charge < -0.3 is 11.5 Å². The third kappa shape index (κ3) is 2.87. The van der Waals surface area contributed by atoms with Crippen molar-refractivity contribution in [3.8, 4) is 11.3 Å². The molecule has 2 heterocycles. The van der Waals surface area contributed by atoms with E-state index in [4.69, 9.17) is 11.5 Å². The minimum absolute atomic E-state index is 0.289. The quantitative estimate of drug-likeness (QED) is 0.550. The van der Waals surface area contributed by atoms with Crippen molar-refractivity contribution in [2.45, 2.75) is 10.1 Å².